The molecule has 2 amide bonds. The number of nitriles is 1. The van der Waals surface area contributed by atoms with Crippen molar-refractivity contribution in [3.63, 3.8) is 0 Å². The first-order valence-electron chi connectivity index (χ1n) is 7.57. The van der Waals surface area contributed by atoms with Crippen molar-refractivity contribution in [3.8, 4) is 17.6 Å². The average molecular weight is 374 g/mol. The smallest absolute Gasteiger partial charge is 0.257 e. The van der Waals surface area contributed by atoms with Crippen molar-refractivity contribution in [2.45, 2.75) is 6.54 Å². The van der Waals surface area contributed by atoms with Crippen molar-refractivity contribution in [1.82, 2.24) is 10.6 Å². The molecule has 0 aromatic heterocycles. The molecule has 0 aliphatic heterocycles. The maximum Gasteiger partial charge on any atom is 0.257 e. The van der Waals surface area contributed by atoms with Gasteiger partial charge in [-0.2, -0.15) is 5.26 Å². The van der Waals surface area contributed by atoms with E-state index >= 15 is 0 Å². The minimum absolute atomic E-state index is 0.0981. The van der Waals surface area contributed by atoms with Gasteiger partial charge in [-0.25, -0.2) is 0 Å². The number of nitrogens with zero attached hydrogens (tertiary/aromatic N) is 1. The third kappa shape index (κ3) is 5.13. The zero-order valence-corrected chi connectivity index (χ0v) is 14.6. The van der Waals surface area contributed by atoms with E-state index < -0.39 is 5.91 Å². The van der Waals surface area contributed by atoms with Gasteiger partial charge in [-0.1, -0.05) is 17.7 Å². The summed E-state index contributed by atoms with van der Waals surface area (Å²) in [5.74, 6) is -0.557. The zero-order chi connectivity index (χ0) is 19.1. The number of aromatic hydroxyl groups is 1. The van der Waals surface area contributed by atoms with Crippen molar-refractivity contribution in [3.05, 3.63) is 58.1 Å². The number of likely N-dealkylation sites (N-methyl/N-ethyl adjacent to an activating group) is 1. The molecule has 0 saturated carbocycles. The first-order valence-corrected chi connectivity index (χ1v) is 7.95. The topological polar surface area (TPSA) is 111 Å². The van der Waals surface area contributed by atoms with Gasteiger partial charge < -0.3 is 20.5 Å². The molecule has 0 spiro atoms. The second-order valence-electron chi connectivity index (χ2n) is 5.28. The fraction of sp³-hybridized carbons (Fsp3) is 0.167. The Kier molecular flexibility index (Phi) is 6.42. The summed E-state index contributed by atoms with van der Waals surface area (Å²) in [6.07, 6.45) is 0. The lowest BCUT2D eigenvalue weighted by atomic mass is 10.1. The number of carbonyl (C=O) groups is 2. The number of nitrogens with one attached hydrogen (secondary N) is 2. The lowest BCUT2D eigenvalue weighted by Gasteiger charge is -2.12. The van der Waals surface area contributed by atoms with E-state index in [9.17, 15) is 14.7 Å². The molecule has 0 atom stereocenters. The standard InChI is InChI=1S/C18H16ClN3O4/c1-21-17(24)10-26-16-4-11(8-20)2-3-12(16)9-22-18(25)13-5-14(19)7-15(23)6-13/h2-7,23H,9-10H2,1H3,(H,21,24)(H,22,25). The third-order valence-corrected chi connectivity index (χ3v) is 3.64. The highest BCUT2D eigenvalue weighted by atomic mass is 35.5. The molecule has 2 aromatic rings. The number of phenols is 1. The predicted octanol–water partition coefficient (Wildman–Crippen LogP) is 1.97. The number of carbonyl (C=O) groups excluding carboxylic acids is 2. The van der Waals surface area contributed by atoms with E-state index in [2.05, 4.69) is 10.6 Å². The summed E-state index contributed by atoms with van der Waals surface area (Å²) in [7, 11) is 1.49. The molecule has 0 saturated heterocycles. The van der Waals surface area contributed by atoms with E-state index in [-0.39, 0.29) is 35.4 Å². The van der Waals surface area contributed by atoms with Gasteiger partial charge in [0.2, 0.25) is 0 Å². The Morgan fingerprint density at radius 1 is 1.27 bits per heavy atom. The molecule has 134 valence electrons. The van der Waals surface area contributed by atoms with Crippen LogP contribution < -0.4 is 15.4 Å². The molecule has 7 nitrogen and oxygen atoms in total. The normalized spacial score (nSPS) is 9.88. The van der Waals surface area contributed by atoms with Crippen LogP contribution in [0.5, 0.6) is 11.5 Å². The lowest BCUT2D eigenvalue weighted by Crippen LogP contribution is -2.26. The molecule has 0 unspecified atom stereocenters. The van der Waals surface area contributed by atoms with E-state index in [1.165, 1.54) is 31.3 Å². The van der Waals surface area contributed by atoms with Crippen molar-refractivity contribution in [2.75, 3.05) is 13.7 Å². The van der Waals surface area contributed by atoms with Crippen molar-refractivity contribution >= 4 is 23.4 Å². The molecule has 0 aliphatic rings. The summed E-state index contributed by atoms with van der Waals surface area (Å²) in [5.41, 5.74) is 1.16. The molecule has 0 aliphatic carbocycles. The summed E-state index contributed by atoms with van der Waals surface area (Å²) < 4.78 is 5.43. The maximum atomic E-state index is 12.2. The Hall–Kier alpha value is -3.24. The number of hydrogen-bond acceptors (Lipinski definition) is 5. The Morgan fingerprint density at radius 2 is 2.04 bits per heavy atom. The number of rotatable bonds is 6. The highest BCUT2D eigenvalue weighted by Gasteiger charge is 2.12. The van der Waals surface area contributed by atoms with Gasteiger partial charge in [-0.05, 0) is 30.3 Å². The first-order chi connectivity index (χ1) is 12.4. The molecule has 0 bridgehead atoms. The van der Waals surface area contributed by atoms with Crippen molar-refractivity contribution < 1.29 is 19.4 Å². The predicted molar refractivity (Wildman–Crippen MR) is 95.0 cm³/mol. The number of hydrogen-bond donors (Lipinski definition) is 3. The molecule has 0 heterocycles. The summed E-state index contributed by atoms with van der Waals surface area (Å²) >= 11 is 5.83. The van der Waals surface area contributed by atoms with E-state index in [0.717, 1.165) is 0 Å². The van der Waals surface area contributed by atoms with Gasteiger partial charge in [0.25, 0.3) is 11.8 Å². The van der Waals surface area contributed by atoms with Gasteiger partial charge in [-0.15, -0.1) is 0 Å². The number of phenolic OH excluding ortho intramolecular Hbond substituents is 1. The van der Waals surface area contributed by atoms with Crippen LogP contribution >= 0.6 is 11.6 Å². The summed E-state index contributed by atoms with van der Waals surface area (Å²) in [6, 6.07) is 10.7. The van der Waals surface area contributed by atoms with Crippen molar-refractivity contribution in [2.24, 2.45) is 0 Å². The molecule has 3 N–H and O–H groups in total. The van der Waals surface area contributed by atoms with Gasteiger partial charge in [-0.3, -0.25) is 9.59 Å². The minimum atomic E-state index is -0.440. The molecule has 0 fully saturated rings. The second kappa shape index (κ2) is 8.74. The van der Waals surface area contributed by atoms with Crippen LogP contribution in [0.25, 0.3) is 0 Å². The molecule has 26 heavy (non-hydrogen) atoms. The van der Waals surface area contributed by atoms with Crippen molar-refractivity contribution in [1.29, 1.82) is 5.26 Å². The zero-order valence-electron chi connectivity index (χ0n) is 13.9. The average Bonchev–Trinajstić information content (AvgIpc) is 2.63. The van der Waals surface area contributed by atoms with E-state index in [1.54, 1.807) is 12.1 Å². The van der Waals surface area contributed by atoms with Gasteiger partial charge in [0.15, 0.2) is 6.61 Å². The molecule has 8 heteroatoms. The molecular weight excluding hydrogens is 358 g/mol. The Balaban J connectivity index is 2.13. The Labute approximate surface area is 155 Å². The van der Waals surface area contributed by atoms with E-state index in [4.69, 9.17) is 21.6 Å². The van der Waals surface area contributed by atoms with Crippen LogP contribution in [0.3, 0.4) is 0 Å². The highest BCUT2D eigenvalue weighted by molar-refractivity contribution is 6.31. The quantitative estimate of drug-likeness (QED) is 0.716. The summed E-state index contributed by atoms with van der Waals surface area (Å²) in [4.78, 5) is 23.6. The highest BCUT2D eigenvalue weighted by Crippen LogP contribution is 2.22. The summed E-state index contributed by atoms with van der Waals surface area (Å²) in [5, 5.41) is 23.9. The molecular formula is C18H16ClN3O4. The molecule has 2 aromatic carbocycles. The fourth-order valence-electron chi connectivity index (χ4n) is 2.10. The van der Waals surface area contributed by atoms with Gasteiger partial charge in [0.1, 0.15) is 11.5 Å². The van der Waals surface area contributed by atoms with Crippen LogP contribution in [0.4, 0.5) is 0 Å². The fourth-order valence-corrected chi connectivity index (χ4v) is 2.33. The molecule has 2 rings (SSSR count). The Morgan fingerprint density at radius 3 is 2.69 bits per heavy atom. The maximum absolute atomic E-state index is 12.2. The molecule has 0 radical (unpaired) electrons. The first kappa shape index (κ1) is 19.1. The SMILES string of the molecule is CNC(=O)COc1cc(C#N)ccc1CNC(=O)c1cc(O)cc(Cl)c1. The lowest BCUT2D eigenvalue weighted by molar-refractivity contribution is -0.122. The van der Waals surface area contributed by atoms with Gasteiger partial charge in [0.05, 0.1) is 11.6 Å². The van der Waals surface area contributed by atoms with Crippen LogP contribution in [-0.4, -0.2) is 30.6 Å². The monoisotopic (exact) mass is 373 g/mol. The van der Waals surface area contributed by atoms with Crippen LogP contribution in [0, 0.1) is 11.3 Å². The number of ether oxygens (including phenoxy) is 1. The number of amides is 2. The van der Waals surface area contributed by atoms with E-state index in [0.29, 0.717) is 16.9 Å². The second-order valence-corrected chi connectivity index (χ2v) is 5.71. The van der Waals surface area contributed by atoms with Gasteiger partial charge >= 0.3 is 0 Å². The van der Waals surface area contributed by atoms with Crippen LogP contribution in [0.15, 0.2) is 36.4 Å². The summed E-state index contributed by atoms with van der Waals surface area (Å²) in [6.45, 7) is -0.116. The largest absolute Gasteiger partial charge is 0.508 e. The van der Waals surface area contributed by atoms with Crippen LogP contribution in [0.1, 0.15) is 21.5 Å². The Bertz CT molecular complexity index is 857. The van der Waals surface area contributed by atoms with E-state index in [1.807, 2.05) is 6.07 Å². The minimum Gasteiger partial charge on any atom is -0.508 e. The van der Waals surface area contributed by atoms with Gasteiger partial charge in [0, 0.05) is 29.7 Å². The number of halogens is 1. The van der Waals surface area contributed by atoms with Crippen LogP contribution in [0.2, 0.25) is 5.02 Å². The third-order valence-electron chi connectivity index (χ3n) is 3.42. The number of benzene rings is 2. The van der Waals surface area contributed by atoms with Crippen LogP contribution in [-0.2, 0) is 11.3 Å².